The third kappa shape index (κ3) is 4.08. The number of halogens is 1. The molecule has 0 aromatic heterocycles. The van der Waals surface area contributed by atoms with Crippen molar-refractivity contribution in [3.8, 4) is 0 Å². The van der Waals surface area contributed by atoms with Crippen LogP contribution in [0.5, 0.6) is 0 Å². The van der Waals surface area contributed by atoms with Crippen molar-refractivity contribution < 1.29 is 0 Å². The summed E-state index contributed by atoms with van der Waals surface area (Å²) < 4.78 is 1.23. The Balaban J connectivity index is 1.96. The Hall–Kier alpha value is -0.380. The predicted molar refractivity (Wildman–Crippen MR) is 80.9 cm³/mol. The Morgan fingerprint density at radius 3 is 2.56 bits per heavy atom. The second-order valence-corrected chi connectivity index (χ2v) is 6.81. The highest BCUT2D eigenvalue weighted by atomic mass is 79.9. The van der Waals surface area contributed by atoms with Crippen LogP contribution in [0.1, 0.15) is 19.4 Å². The van der Waals surface area contributed by atoms with Crippen LogP contribution >= 0.6 is 15.9 Å². The van der Waals surface area contributed by atoms with E-state index in [-0.39, 0.29) is 0 Å². The van der Waals surface area contributed by atoms with E-state index >= 15 is 0 Å². The fraction of sp³-hybridized carbons (Fsp3) is 0.600. The van der Waals surface area contributed by atoms with Crippen molar-refractivity contribution in [3.05, 3.63) is 34.3 Å². The molecule has 1 aromatic carbocycles. The first-order chi connectivity index (χ1) is 8.57. The topological polar surface area (TPSA) is 15.3 Å². The lowest BCUT2D eigenvalue weighted by molar-refractivity contribution is 0.160. The molecular formula is C15H23BrN2. The molecule has 1 saturated heterocycles. The van der Waals surface area contributed by atoms with Gasteiger partial charge in [-0.2, -0.15) is 0 Å². The minimum atomic E-state index is 0.321. The van der Waals surface area contributed by atoms with Crippen LogP contribution in [0.2, 0.25) is 0 Å². The molecule has 100 valence electrons. The van der Waals surface area contributed by atoms with Crippen molar-refractivity contribution in [2.45, 2.75) is 20.3 Å². The largest absolute Gasteiger partial charge is 0.314 e. The molecule has 1 fully saturated rings. The summed E-state index contributed by atoms with van der Waals surface area (Å²) in [6, 6.07) is 8.57. The standard InChI is InChI=1S/C15H23BrN2/c1-15(2,12-18-9-7-17-8-10-18)11-13-5-3-4-6-14(13)16/h3-6,17H,7-12H2,1-2H3. The predicted octanol–water partition coefficient (Wildman–Crippen LogP) is 2.92. The van der Waals surface area contributed by atoms with Gasteiger partial charge in [-0.25, -0.2) is 0 Å². The lowest BCUT2D eigenvalue weighted by Crippen LogP contribution is -2.47. The Bertz CT molecular complexity index is 384. The van der Waals surface area contributed by atoms with Crippen LogP contribution in [0.4, 0.5) is 0 Å². The van der Waals surface area contributed by atoms with Crippen LogP contribution < -0.4 is 5.32 Å². The number of nitrogens with one attached hydrogen (secondary N) is 1. The zero-order chi connectivity index (χ0) is 13.0. The summed E-state index contributed by atoms with van der Waals surface area (Å²) in [5.41, 5.74) is 1.74. The van der Waals surface area contributed by atoms with E-state index in [0.29, 0.717) is 5.41 Å². The Morgan fingerprint density at radius 2 is 1.89 bits per heavy atom. The van der Waals surface area contributed by atoms with E-state index in [4.69, 9.17) is 0 Å². The third-order valence-corrected chi connectivity index (χ3v) is 4.26. The van der Waals surface area contributed by atoms with Crippen molar-refractivity contribution in [3.63, 3.8) is 0 Å². The number of benzene rings is 1. The van der Waals surface area contributed by atoms with Crippen LogP contribution in [0.3, 0.4) is 0 Å². The minimum Gasteiger partial charge on any atom is -0.314 e. The van der Waals surface area contributed by atoms with Crippen molar-refractivity contribution in [2.75, 3.05) is 32.7 Å². The quantitative estimate of drug-likeness (QED) is 0.920. The highest BCUT2D eigenvalue weighted by Crippen LogP contribution is 2.27. The van der Waals surface area contributed by atoms with E-state index in [9.17, 15) is 0 Å². The van der Waals surface area contributed by atoms with Crippen LogP contribution in [0.15, 0.2) is 28.7 Å². The van der Waals surface area contributed by atoms with E-state index in [0.717, 1.165) is 19.5 Å². The highest BCUT2D eigenvalue weighted by molar-refractivity contribution is 9.10. The van der Waals surface area contributed by atoms with Crippen molar-refractivity contribution in [1.29, 1.82) is 0 Å². The molecular weight excluding hydrogens is 288 g/mol. The molecule has 0 aliphatic carbocycles. The Morgan fingerprint density at radius 1 is 1.22 bits per heavy atom. The normalized spacial score (nSPS) is 17.9. The average molecular weight is 311 g/mol. The summed E-state index contributed by atoms with van der Waals surface area (Å²) in [5, 5.41) is 3.41. The second kappa shape index (κ2) is 6.18. The fourth-order valence-corrected chi connectivity index (χ4v) is 3.11. The maximum absolute atomic E-state index is 3.65. The summed E-state index contributed by atoms with van der Waals surface area (Å²) in [6.45, 7) is 10.5. The maximum Gasteiger partial charge on any atom is 0.0207 e. The number of rotatable bonds is 4. The molecule has 0 unspecified atom stereocenters. The molecule has 2 rings (SSSR count). The van der Waals surface area contributed by atoms with Gasteiger partial charge in [-0.15, -0.1) is 0 Å². The smallest absolute Gasteiger partial charge is 0.0207 e. The Labute approximate surface area is 119 Å². The second-order valence-electron chi connectivity index (χ2n) is 5.96. The van der Waals surface area contributed by atoms with Gasteiger partial charge in [-0.05, 0) is 23.5 Å². The lowest BCUT2D eigenvalue weighted by Gasteiger charge is -2.35. The summed E-state index contributed by atoms with van der Waals surface area (Å²) in [4.78, 5) is 2.58. The summed E-state index contributed by atoms with van der Waals surface area (Å²) in [7, 11) is 0. The number of nitrogens with zero attached hydrogens (tertiary/aromatic N) is 1. The van der Waals surface area contributed by atoms with Crippen molar-refractivity contribution in [1.82, 2.24) is 10.2 Å². The lowest BCUT2D eigenvalue weighted by atomic mass is 9.85. The van der Waals surface area contributed by atoms with E-state index in [1.54, 1.807) is 0 Å². The monoisotopic (exact) mass is 310 g/mol. The minimum absolute atomic E-state index is 0.321. The SMILES string of the molecule is CC(C)(Cc1ccccc1Br)CN1CCNCC1. The molecule has 1 aliphatic rings. The maximum atomic E-state index is 3.65. The summed E-state index contributed by atoms with van der Waals surface area (Å²) >= 11 is 3.65. The molecule has 0 spiro atoms. The van der Waals surface area contributed by atoms with Crippen molar-refractivity contribution in [2.24, 2.45) is 5.41 Å². The first-order valence-corrected chi connectivity index (χ1v) is 7.53. The van der Waals surface area contributed by atoms with Crippen LogP contribution in [0.25, 0.3) is 0 Å². The van der Waals surface area contributed by atoms with E-state index in [2.05, 4.69) is 64.3 Å². The van der Waals surface area contributed by atoms with E-state index < -0.39 is 0 Å². The first kappa shape index (κ1) is 14.0. The zero-order valence-electron chi connectivity index (χ0n) is 11.4. The van der Waals surface area contributed by atoms with Gasteiger partial charge in [0.2, 0.25) is 0 Å². The molecule has 0 radical (unpaired) electrons. The number of piperazine rings is 1. The van der Waals surface area contributed by atoms with Gasteiger partial charge in [0.25, 0.3) is 0 Å². The average Bonchev–Trinajstić information content (AvgIpc) is 2.32. The van der Waals surface area contributed by atoms with Crippen LogP contribution in [-0.4, -0.2) is 37.6 Å². The van der Waals surface area contributed by atoms with Gasteiger partial charge < -0.3 is 10.2 Å². The van der Waals surface area contributed by atoms with Crippen LogP contribution in [0, 0.1) is 5.41 Å². The molecule has 1 N–H and O–H groups in total. The molecule has 2 nitrogen and oxygen atoms in total. The van der Waals surface area contributed by atoms with Gasteiger partial charge in [-0.3, -0.25) is 0 Å². The summed E-state index contributed by atoms with van der Waals surface area (Å²) in [6.07, 6.45) is 1.12. The molecule has 0 saturated carbocycles. The third-order valence-electron chi connectivity index (χ3n) is 3.49. The zero-order valence-corrected chi connectivity index (χ0v) is 13.0. The molecule has 3 heteroatoms. The van der Waals surface area contributed by atoms with E-state index in [1.807, 2.05) is 0 Å². The molecule has 1 aliphatic heterocycles. The Kier molecular flexibility index (Phi) is 4.82. The number of hydrogen-bond donors (Lipinski definition) is 1. The van der Waals surface area contributed by atoms with Gasteiger partial charge in [0.1, 0.15) is 0 Å². The molecule has 1 aromatic rings. The summed E-state index contributed by atoms with van der Waals surface area (Å²) in [5.74, 6) is 0. The molecule has 0 bridgehead atoms. The highest BCUT2D eigenvalue weighted by Gasteiger charge is 2.23. The molecule has 1 heterocycles. The molecule has 0 atom stereocenters. The van der Waals surface area contributed by atoms with Crippen LogP contribution in [-0.2, 0) is 6.42 Å². The van der Waals surface area contributed by atoms with Gasteiger partial charge in [0.05, 0.1) is 0 Å². The van der Waals surface area contributed by atoms with E-state index in [1.165, 1.54) is 29.7 Å². The first-order valence-electron chi connectivity index (χ1n) is 6.73. The molecule has 0 amide bonds. The number of hydrogen-bond acceptors (Lipinski definition) is 2. The van der Waals surface area contributed by atoms with Gasteiger partial charge >= 0.3 is 0 Å². The van der Waals surface area contributed by atoms with Gasteiger partial charge in [-0.1, -0.05) is 48.0 Å². The molecule has 18 heavy (non-hydrogen) atoms. The van der Waals surface area contributed by atoms with Gasteiger partial charge in [0.15, 0.2) is 0 Å². The fourth-order valence-electron chi connectivity index (χ4n) is 2.69. The van der Waals surface area contributed by atoms with Crippen molar-refractivity contribution >= 4 is 15.9 Å². The van der Waals surface area contributed by atoms with Gasteiger partial charge in [0, 0.05) is 37.2 Å².